The quantitative estimate of drug-likeness (QED) is 0.343. The van der Waals surface area contributed by atoms with Gasteiger partial charge in [-0.25, -0.2) is 17.9 Å². The maximum absolute atomic E-state index is 14.1. The molecule has 4 aromatic rings. The Morgan fingerprint density at radius 3 is 2.60 bits per heavy atom. The number of fused-ring (bicyclic) bond motifs is 1. The molecule has 0 aliphatic carbocycles. The highest BCUT2D eigenvalue weighted by Crippen LogP contribution is 2.38. The monoisotopic (exact) mass is 570 g/mol. The lowest BCUT2D eigenvalue weighted by Crippen LogP contribution is -2.36. The molecule has 0 saturated heterocycles. The SMILES string of the molecule is CS(=O)(=O)c1cccc(-c2ccc3cnc(Nc4ccc(C5=CCN(CC(N)=O)CC5)c(C(F)(F)F)c4)nn23)c1. The van der Waals surface area contributed by atoms with E-state index in [1.54, 1.807) is 39.8 Å². The average molecular weight is 571 g/mol. The van der Waals surface area contributed by atoms with E-state index in [1.165, 1.54) is 30.5 Å². The lowest BCUT2D eigenvalue weighted by molar-refractivity contribution is -0.137. The number of benzene rings is 2. The molecule has 5 rings (SSSR count). The number of nitrogens with one attached hydrogen (secondary N) is 1. The van der Waals surface area contributed by atoms with Crippen molar-refractivity contribution >= 4 is 38.5 Å². The molecule has 0 radical (unpaired) electrons. The van der Waals surface area contributed by atoms with Gasteiger partial charge in [0.05, 0.1) is 34.4 Å². The van der Waals surface area contributed by atoms with Crippen LogP contribution in [-0.4, -0.2) is 59.7 Å². The smallest absolute Gasteiger partial charge is 0.369 e. The number of amides is 1. The van der Waals surface area contributed by atoms with E-state index in [0.29, 0.717) is 41.9 Å². The van der Waals surface area contributed by atoms with Crippen molar-refractivity contribution in [3.63, 3.8) is 0 Å². The number of rotatable bonds is 7. The fourth-order valence-corrected chi connectivity index (χ4v) is 5.32. The van der Waals surface area contributed by atoms with E-state index >= 15 is 0 Å². The Morgan fingerprint density at radius 2 is 1.93 bits per heavy atom. The highest BCUT2D eigenvalue weighted by Gasteiger charge is 2.35. The second-order valence-corrected chi connectivity index (χ2v) is 11.5. The average Bonchev–Trinajstić information content (AvgIpc) is 3.31. The van der Waals surface area contributed by atoms with Crippen LogP contribution in [0.25, 0.3) is 22.3 Å². The molecule has 0 spiro atoms. The Kier molecular flexibility index (Phi) is 7.10. The van der Waals surface area contributed by atoms with Gasteiger partial charge in [-0.3, -0.25) is 9.69 Å². The number of primary amides is 1. The van der Waals surface area contributed by atoms with Crippen LogP contribution >= 0.6 is 0 Å². The number of hydrogen-bond acceptors (Lipinski definition) is 7. The summed E-state index contributed by atoms with van der Waals surface area (Å²) in [5.74, 6) is -0.429. The summed E-state index contributed by atoms with van der Waals surface area (Å²) in [6, 6.07) is 13.9. The summed E-state index contributed by atoms with van der Waals surface area (Å²) in [4.78, 5) is 17.3. The van der Waals surface area contributed by atoms with Gasteiger partial charge in [0.1, 0.15) is 0 Å². The number of aromatic nitrogens is 3. The van der Waals surface area contributed by atoms with Crippen molar-refractivity contribution < 1.29 is 26.4 Å². The minimum Gasteiger partial charge on any atom is -0.369 e. The number of hydrogen-bond donors (Lipinski definition) is 2. The van der Waals surface area contributed by atoms with Gasteiger partial charge < -0.3 is 11.1 Å². The molecule has 2 aromatic heterocycles. The molecule has 13 heteroatoms. The summed E-state index contributed by atoms with van der Waals surface area (Å²) in [7, 11) is -3.43. The molecule has 0 unspecified atom stereocenters. The van der Waals surface area contributed by atoms with Gasteiger partial charge in [-0.15, -0.1) is 5.10 Å². The number of sulfone groups is 1. The van der Waals surface area contributed by atoms with Crippen molar-refractivity contribution in [3.8, 4) is 11.3 Å². The molecule has 40 heavy (non-hydrogen) atoms. The van der Waals surface area contributed by atoms with Crippen LogP contribution in [0.2, 0.25) is 0 Å². The number of alkyl halides is 3. The summed E-state index contributed by atoms with van der Waals surface area (Å²) in [6.07, 6.45) is 0.0636. The first kappa shape index (κ1) is 27.3. The second kappa shape index (κ2) is 10.4. The highest BCUT2D eigenvalue weighted by molar-refractivity contribution is 7.90. The normalized spacial score (nSPS) is 14.8. The molecule has 0 bridgehead atoms. The van der Waals surface area contributed by atoms with Crippen LogP contribution in [0.15, 0.2) is 71.8 Å². The highest BCUT2D eigenvalue weighted by atomic mass is 32.2. The van der Waals surface area contributed by atoms with Crippen molar-refractivity contribution in [1.29, 1.82) is 0 Å². The van der Waals surface area contributed by atoms with Gasteiger partial charge in [-0.2, -0.15) is 13.2 Å². The van der Waals surface area contributed by atoms with Crippen LogP contribution in [-0.2, 0) is 20.8 Å². The molecule has 1 aliphatic rings. The van der Waals surface area contributed by atoms with Gasteiger partial charge in [0.2, 0.25) is 11.9 Å². The van der Waals surface area contributed by atoms with Gasteiger partial charge in [-0.1, -0.05) is 24.3 Å². The van der Waals surface area contributed by atoms with Gasteiger partial charge in [0, 0.05) is 30.6 Å². The van der Waals surface area contributed by atoms with E-state index in [-0.39, 0.29) is 28.6 Å². The van der Waals surface area contributed by atoms with E-state index in [9.17, 15) is 26.4 Å². The Balaban J connectivity index is 1.45. The number of anilines is 2. The predicted molar refractivity (Wildman–Crippen MR) is 144 cm³/mol. The standard InChI is InChI=1S/C27H25F3N6O3S/c1-40(38,39)21-4-2-3-18(13-21)24-8-6-20-15-32-26(34-36(20)24)33-19-5-7-22(23(14-19)27(28,29)30)17-9-11-35(12-10-17)16-25(31)37/h2-9,13-15H,10-12,16H2,1H3,(H2,31,37)(H,33,34). The van der Waals surface area contributed by atoms with Crippen LogP contribution in [0, 0.1) is 0 Å². The van der Waals surface area contributed by atoms with E-state index in [4.69, 9.17) is 5.73 Å². The maximum Gasteiger partial charge on any atom is 0.417 e. The number of halogens is 3. The van der Waals surface area contributed by atoms with E-state index in [2.05, 4.69) is 15.4 Å². The first-order valence-corrected chi connectivity index (χ1v) is 14.1. The molecule has 0 atom stereocenters. The topological polar surface area (TPSA) is 123 Å². The number of carbonyl (C=O) groups is 1. The van der Waals surface area contributed by atoms with Gasteiger partial charge in [-0.05, 0) is 54.0 Å². The summed E-state index contributed by atoms with van der Waals surface area (Å²) in [6.45, 7) is 0.803. The number of carbonyl (C=O) groups excluding carboxylic acids is 1. The predicted octanol–water partition coefficient (Wildman–Crippen LogP) is 4.14. The Labute approximate surface area is 228 Å². The summed E-state index contributed by atoms with van der Waals surface area (Å²) < 4.78 is 67.8. The molecule has 0 fully saturated rings. The molecule has 0 saturated carbocycles. The van der Waals surface area contributed by atoms with Crippen LogP contribution in [0.4, 0.5) is 24.8 Å². The van der Waals surface area contributed by atoms with Gasteiger partial charge in [0.15, 0.2) is 9.84 Å². The summed E-state index contributed by atoms with van der Waals surface area (Å²) in [5, 5.41) is 7.30. The van der Waals surface area contributed by atoms with Gasteiger partial charge in [0.25, 0.3) is 0 Å². The van der Waals surface area contributed by atoms with Crippen LogP contribution in [0.5, 0.6) is 0 Å². The second-order valence-electron chi connectivity index (χ2n) is 9.50. The Bertz CT molecular complexity index is 1750. The third-order valence-corrected chi connectivity index (χ3v) is 7.67. The molecular weight excluding hydrogens is 545 g/mol. The Morgan fingerprint density at radius 1 is 1.12 bits per heavy atom. The van der Waals surface area contributed by atoms with Crippen molar-refractivity contribution in [3.05, 3.63) is 78.0 Å². The first-order valence-electron chi connectivity index (χ1n) is 12.2. The van der Waals surface area contributed by atoms with Crippen molar-refractivity contribution in [2.24, 2.45) is 5.73 Å². The molecule has 9 nitrogen and oxygen atoms in total. The zero-order valence-electron chi connectivity index (χ0n) is 21.3. The molecule has 208 valence electrons. The third kappa shape index (κ3) is 5.84. The molecule has 3 heterocycles. The van der Waals surface area contributed by atoms with Crippen LogP contribution in [0.1, 0.15) is 17.5 Å². The number of nitrogens with two attached hydrogens (primary N) is 1. The van der Waals surface area contributed by atoms with Crippen molar-refractivity contribution in [1.82, 2.24) is 19.5 Å². The van der Waals surface area contributed by atoms with Crippen LogP contribution in [0.3, 0.4) is 0 Å². The zero-order valence-corrected chi connectivity index (χ0v) is 22.1. The minimum atomic E-state index is -4.61. The van der Waals surface area contributed by atoms with E-state index in [0.717, 1.165) is 12.3 Å². The minimum absolute atomic E-state index is 0.0510. The lowest BCUT2D eigenvalue weighted by Gasteiger charge is -2.26. The van der Waals surface area contributed by atoms with E-state index < -0.39 is 27.5 Å². The zero-order chi connectivity index (χ0) is 28.7. The molecule has 2 aromatic carbocycles. The molecule has 3 N–H and O–H groups in total. The summed E-state index contributed by atoms with van der Waals surface area (Å²) >= 11 is 0. The lowest BCUT2D eigenvalue weighted by atomic mass is 9.94. The molecular formula is C27H25F3N6O3S. The largest absolute Gasteiger partial charge is 0.417 e. The van der Waals surface area contributed by atoms with Crippen molar-refractivity contribution in [2.45, 2.75) is 17.5 Å². The van der Waals surface area contributed by atoms with Crippen molar-refractivity contribution in [2.75, 3.05) is 31.2 Å². The molecule has 1 aliphatic heterocycles. The third-order valence-electron chi connectivity index (χ3n) is 6.56. The fourth-order valence-electron chi connectivity index (χ4n) is 4.65. The number of nitrogens with zero attached hydrogens (tertiary/aromatic N) is 4. The fraction of sp³-hybridized carbons (Fsp3) is 0.222. The Hall–Kier alpha value is -4.23. The summed E-state index contributed by atoms with van der Waals surface area (Å²) in [5.41, 5.74) is 7.00. The first-order chi connectivity index (χ1) is 18.9. The maximum atomic E-state index is 14.1. The van der Waals surface area contributed by atoms with E-state index in [1.807, 2.05) is 0 Å². The van der Waals surface area contributed by atoms with Crippen LogP contribution < -0.4 is 11.1 Å². The van der Waals surface area contributed by atoms with Gasteiger partial charge >= 0.3 is 6.18 Å². The molecule has 1 amide bonds.